The Balaban J connectivity index is 1.81. The number of amides is 1. The molecule has 4 nitrogen and oxygen atoms in total. The van der Waals surface area contributed by atoms with Gasteiger partial charge in [0.1, 0.15) is 5.75 Å². The van der Waals surface area contributed by atoms with Crippen molar-refractivity contribution in [2.75, 3.05) is 18.4 Å². The normalized spacial score (nSPS) is 19.1. The lowest BCUT2D eigenvalue weighted by atomic mass is 9.94. The van der Waals surface area contributed by atoms with Gasteiger partial charge in [0.15, 0.2) is 0 Å². The van der Waals surface area contributed by atoms with Crippen LogP contribution in [0.3, 0.4) is 0 Å². The smallest absolute Gasteiger partial charge is 0.224 e. The molecule has 0 aliphatic carbocycles. The van der Waals surface area contributed by atoms with Crippen molar-refractivity contribution < 1.29 is 9.90 Å². The third-order valence-electron chi connectivity index (χ3n) is 3.60. The molecule has 0 bridgehead atoms. The molecule has 3 N–H and O–H groups in total. The van der Waals surface area contributed by atoms with E-state index < -0.39 is 0 Å². The molecule has 1 saturated heterocycles. The molecule has 0 saturated carbocycles. The van der Waals surface area contributed by atoms with Crippen molar-refractivity contribution in [3.8, 4) is 5.75 Å². The second kappa shape index (κ2) is 6.57. The lowest BCUT2D eigenvalue weighted by molar-refractivity contribution is -0.116. The van der Waals surface area contributed by atoms with Crippen LogP contribution in [0.1, 0.15) is 31.2 Å². The highest BCUT2D eigenvalue weighted by Crippen LogP contribution is 2.24. The second-order valence-electron chi connectivity index (χ2n) is 5.32. The molecule has 1 aromatic rings. The molecule has 0 aromatic heterocycles. The van der Waals surface area contributed by atoms with E-state index in [1.54, 1.807) is 12.1 Å². The summed E-state index contributed by atoms with van der Waals surface area (Å²) >= 11 is 0. The lowest BCUT2D eigenvalue weighted by Crippen LogP contribution is -2.30. The number of carbonyl (C=O) groups excluding carboxylic acids is 1. The molecule has 0 radical (unpaired) electrons. The molecular formula is C15H22N2O2. The monoisotopic (exact) mass is 262 g/mol. The van der Waals surface area contributed by atoms with Crippen LogP contribution in [0, 0.1) is 12.8 Å². The first kappa shape index (κ1) is 13.9. The maximum absolute atomic E-state index is 11.9. The number of aromatic hydroxyl groups is 1. The topological polar surface area (TPSA) is 61.4 Å². The Morgan fingerprint density at radius 1 is 1.53 bits per heavy atom. The van der Waals surface area contributed by atoms with Gasteiger partial charge in [0.25, 0.3) is 0 Å². The van der Waals surface area contributed by atoms with Gasteiger partial charge in [-0.2, -0.15) is 0 Å². The molecule has 1 atom stereocenters. The van der Waals surface area contributed by atoms with E-state index in [9.17, 15) is 9.90 Å². The summed E-state index contributed by atoms with van der Waals surface area (Å²) in [6.45, 7) is 4.05. The molecule has 1 aliphatic heterocycles. The molecule has 104 valence electrons. The summed E-state index contributed by atoms with van der Waals surface area (Å²) in [6.07, 6.45) is 3.83. The fraction of sp³-hybridized carbons (Fsp3) is 0.533. The predicted molar refractivity (Wildman–Crippen MR) is 76.3 cm³/mol. The summed E-state index contributed by atoms with van der Waals surface area (Å²) in [5.41, 5.74) is 1.52. The lowest BCUT2D eigenvalue weighted by Gasteiger charge is -2.22. The van der Waals surface area contributed by atoms with Crippen LogP contribution >= 0.6 is 0 Å². The highest BCUT2D eigenvalue weighted by molar-refractivity contribution is 5.92. The van der Waals surface area contributed by atoms with E-state index in [1.165, 1.54) is 12.8 Å². The summed E-state index contributed by atoms with van der Waals surface area (Å²) in [6, 6.07) is 5.21. The third-order valence-corrected chi connectivity index (χ3v) is 3.60. The largest absolute Gasteiger partial charge is 0.506 e. The van der Waals surface area contributed by atoms with E-state index in [-0.39, 0.29) is 11.7 Å². The van der Waals surface area contributed by atoms with Crippen molar-refractivity contribution in [2.24, 2.45) is 5.92 Å². The molecule has 1 fully saturated rings. The van der Waals surface area contributed by atoms with Crippen molar-refractivity contribution in [1.29, 1.82) is 0 Å². The molecule has 1 amide bonds. The molecule has 0 spiro atoms. The van der Waals surface area contributed by atoms with E-state index >= 15 is 0 Å². The molecule has 1 unspecified atom stereocenters. The third kappa shape index (κ3) is 4.24. The molecule has 19 heavy (non-hydrogen) atoms. The van der Waals surface area contributed by atoms with Gasteiger partial charge in [0, 0.05) is 6.42 Å². The number of benzene rings is 1. The van der Waals surface area contributed by atoms with Crippen molar-refractivity contribution in [3.05, 3.63) is 23.8 Å². The van der Waals surface area contributed by atoms with Crippen LogP contribution in [0.15, 0.2) is 18.2 Å². The maximum Gasteiger partial charge on any atom is 0.224 e. The first-order valence-electron chi connectivity index (χ1n) is 6.95. The van der Waals surface area contributed by atoms with E-state index in [4.69, 9.17) is 0 Å². The first-order valence-corrected chi connectivity index (χ1v) is 6.95. The molecule has 4 heteroatoms. The van der Waals surface area contributed by atoms with Gasteiger partial charge in [-0.3, -0.25) is 4.79 Å². The fourth-order valence-electron chi connectivity index (χ4n) is 2.47. The number of piperidine rings is 1. The van der Waals surface area contributed by atoms with Gasteiger partial charge in [-0.15, -0.1) is 0 Å². The predicted octanol–water partition coefficient (Wildman–Crippen LogP) is 2.42. The summed E-state index contributed by atoms with van der Waals surface area (Å²) in [7, 11) is 0. The van der Waals surface area contributed by atoms with Crippen LogP contribution in [-0.2, 0) is 4.79 Å². The molecule has 1 aromatic carbocycles. The van der Waals surface area contributed by atoms with Gasteiger partial charge in [-0.1, -0.05) is 6.07 Å². The Kier molecular flexibility index (Phi) is 4.80. The standard InChI is InChI=1S/C15H22N2O2/c1-11-4-6-14(18)13(9-11)17-15(19)7-5-12-3-2-8-16-10-12/h4,6,9,12,16,18H,2-3,5,7-8,10H2,1H3,(H,17,19). The second-order valence-corrected chi connectivity index (χ2v) is 5.32. The average molecular weight is 262 g/mol. The number of hydrogen-bond donors (Lipinski definition) is 3. The highest BCUT2D eigenvalue weighted by atomic mass is 16.3. The van der Waals surface area contributed by atoms with Crippen LogP contribution in [0.25, 0.3) is 0 Å². The SMILES string of the molecule is Cc1ccc(O)c(NC(=O)CCC2CCCNC2)c1. The van der Waals surface area contributed by atoms with Crippen molar-refractivity contribution >= 4 is 11.6 Å². The summed E-state index contributed by atoms with van der Waals surface area (Å²) in [5.74, 6) is 0.704. The van der Waals surface area contributed by atoms with Gasteiger partial charge in [-0.05, 0) is 62.9 Å². The number of rotatable bonds is 4. The van der Waals surface area contributed by atoms with Crippen molar-refractivity contribution in [3.63, 3.8) is 0 Å². The molecule has 1 heterocycles. The van der Waals surface area contributed by atoms with Crippen LogP contribution in [0.2, 0.25) is 0 Å². The first-order chi connectivity index (χ1) is 9.15. The highest BCUT2D eigenvalue weighted by Gasteiger charge is 2.15. The molecule has 2 rings (SSSR count). The molecular weight excluding hydrogens is 240 g/mol. The Hall–Kier alpha value is -1.55. The quantitative estimate of drug-likeness (QED) is 0.730. The Bertz CT molecular complexity index is 440. The number of aryl methyl sites for hydroxylation is 1. The van der Waals surface area contributed by atoms with Crippen molar-refractivity contribution in [2.45, 2.75) is 32.6 Å². The zero-order chi connectivity index (χ0) is 13.7. The van der Waals surface area contributed by atoms with E-state index in [1.807, 2.05) is 13.0 Å². The van der Waals surface area contributed by atoms with E-state index in [0.717, 1.165) is 25.1 Å². The Morgan fingerprint density at radius 3 is 3.11 bits per heavy atom. The zero-order valence-electron chi connectivity index (χ0n) is 11.4. The van der Waals surface area contributed by atoms with Gasteiger partial charge in [0.2, 0.25) is 5.91 Å². The fourth-order valence-corrected chi connectivity index (χ4v) is 2.47. The number of nitrogens with one attached hydrogen (secondary N) is 2. The van der Waals surface area contributed by atoms with Gasteiger partial charge >= 0.3 is 0 Å². The minimum atomic E-state index is -0.0218. The van der Waals surface area contributed by atoms with Crippen LogP contribution in [0.5, 0.6) is 5.75 Å². The van der Waals surface area contributed by atoms with Crippen LogP contribution < -0.4 is 10.6 Å². The van der Waals surface area contributed by atoms with E-state index in [2.05, 4.69) is 10.6 Å². The Labute approximate surface area is 114 Å². The minimum Gasteiger partial charge on any atom is -0.506 e. The Morgan fingerprint density at radius 2 is 2.37 bits per heavy atom. The maximum atomic E-state index is 11.9. The number of phenolic OH excluding ortho intramolecular Hbond substituents is 1. The van der Waals surface area contributed by atoms with Crippen LogP contribution in [-0.4, -0.2) is 24.1 Å². The average Bonchev–Trinajstić information content (AvgIpc) is 2.42. The summed E-state index contributed by atoms with van der Waals surface area (Å²) in [5, 5.41) is 15.8. The molecule has 1 aliphatic rings. The van der Waals surface area contributed by atoms with E-state index in [0.29, 0.717) is 18.0 Å². The summed E-state index contributed by atoms with van der Waals surface area (Å²) in [4.78, 5) is 11.9. The minimum absolute atomic E-state index is 0.0218. The number of anilines is 1. The number of hydrogen-bond acceptors (Lipinski definition) is 3. The zero-order valence-corrected chi connectivity index (χ0v) is 11.4. The van der Waals surface area contributed by atoms with Crippen molar-refractivity contribution in [1.82, 2.24) is 5.32 Å². The van der Waals surface area contributed by atoms with Crippen LogP contribution in [0.4, 0.5) is 5.69 Å². The number of carbonyl (C=O) groups is 1. The summed E-state index contributed by atoms with van der Waals surface area (Å²) < 4.78 is 0. The number of phenols is 1. The van der Waals surface area contributed by atoms with Gasteiger partial charge in [0.05, 0.1) is 5.69 Å². The van der Waals surface area contributed by atoms with Gasteiger partial charge < -0.3 is 15.7 Å². The van der Waals surface area contributed by atoms with Gasteiger partial charge in [-0.25, -0.2) is 0 Å².